The zero-order chi connectivity index (χ0) is 15.7. The van der Waals surface area contributed by atoms with Gasteiger partial charge >= 0.3 is 6.18 Å². The van der Waals surface area contributed by atoms with Crippen molar-refractivity contribution in [1.29, 1.82) is 0 Å². The molecule has 2 heterocycles. The number of amides is 1. The highest BCUT2D eigenvalue weighted by Gasteiger charge is 2.35. The smallest absolute Gasteiger partial charge is 0.368 e. The zero-order valence-corrected chi connectivity index (χ0v) is 12.1. The summed E-state index contributed by atoms with van der Waals surface area (Å²) in [5, 5.41) is 0. The first kappa shape index (κ1) is 15.3. The van der Waals surface area contributed by atoms with E-state index in [1.54, 1.807) is 11.0 Å². The van der Waals surface area contributed by atoms with Crippen LogP contribution in [0.15, 0.2) is 24.3 Å². The van der Waals surface area contributed by atoms with Gasteiger partial charge < -0.3 is 9.64 Å². The Labute approximate surface area is 127 Å². The van der Waals surface area contributed by atoms with E-state index in [-0.39, 0.29) is 17.9 Å². The van der Waals surface area contributed by atoms with E-state index in [0.717, 1.165) is 18.9 Å². The molecule has 6 heteroatoms. The fraction of sp³-hybridized carbons (Fsp3) is 0.562. The van der Waals surface area contributed by atoms with E-state index >= 15 is 0 Å². The van der Waals surface area contributed by atoms with Crippen LogP contribution in [-0.4, -0.2) is 36.6 Å². The van der Waals surface area contributed by atoms with E-state index in [9.17, 15) is 18.0 Å². The Bertz CT molecular complexity index is 553. The number of benzene rings is 1. The summed E-state index contributed by atoms with van der Waals surface area (Å²) in [6, 6.07) is 5.42. The minimum atomic E-state index is -4.33. The van der Waals surface area contributed by atoms with Crippen LogP contribution in [0, 0.1) is 0 Å². The van der Waals surface area contributed by atoms with Gasteiger partial charge in [-0.05, 0) is 30.9 Å². The molecule has 0 bridgehead atoms. The van der Waals surface area contributed by atoms with Gasteiger partial charge in [-0.3, -0.25) is 4.79 Å². The number of carbonyl (C=O) groups excluding carboxylic acids is 1. The van der Waals surface area contributed by atoms with Crippen molar-refractivity contribution in [3.8, 4) is 0 Å². The number of ether oxygens (including phenoxy) is 1. The SMILES string of the molecule is O=C([C@@H]1CCCO1)N1CCC(c2cccc(C(F)(F)F)c2)C1. The molecule has 0 radical (unpaired) electrons. The van der Waals surface area contributed by atoms with Gasteiger partial charge in [0.15, 0.2) is 0 Å². The summed E-state index contributed by atoms with van der Waals surface area (Å²) in [6.45, 7) is 1.67. The molecule has 1 aromatic rings. The number of likely N-dealkylation sites (tertiary alicyclic amines) is 1. The number of halogens is 3. The lowest BCUT2D eigenvalue weighted by Gasteiger charge is -2.20. The molecule has 2 saturated heterocycles. The van der Waals surface area contributed by atoms with Gasteiger partial charge in [-0.15, -0.1) is 0 Å². The molecule has 2 atom stereocenters. The number of rotatable bonds is 2. The molecule has 0 aliphatic carbocycles. The molecular formula is C16H18F3NO2. The van der Waals surface area contributed by atoms with Crippen molar-refractivity contribution in [2.24, 2.45) is 0 Å². The van der Waals surface area contributed by atoms with Crippen molar-refractivity contribution in [2.45, 2.75) is 37.5 Å². The Morgan fingerprint density at radius 3 is 2.77 bits per heavy atom. The van der Waals surface area contributed by atoms with Crippen molar-refractivity contribution >= 4 is 5.91 Å². The predicted molar refractivity (Wildman–Crippen MR) is 74.4 cm³/mol. The van der Waals surface area contributed by atoms with Crippen molar-refractivity contribution in [2.75, 3.05) is 19.7 Å². The Balaban J connectivity index is 1.68. The third-order valence-corrected chi connectivity index (χ3v) is 4.39. The minimum Gasteiger partial charge on any atom is -0.368 e. The Hall–Kier alpha value is -1.56. The van der Waals surface area contributed by atoms with Gasteiger partial charge in [-0.2, -0.15) is 13.2 Å². The molecule has 22 heavy (non-hydrogen) atoms. The first-order valence-corrected chi connectivity index (χ1v) is 7.52. The standard InChI is InChI=1S/C16H18F3NO2/c17-16(18,19)13-4-1-3-11(9-13)12-6-7-20(10-12)15(21)14-5-2-8-22-14/h1,3-4,9,12,14H,2,5-8,10H2/t12?,14-/m0/s1. The number of nitrogens with zero attached hydrogens (tertiary/aromatic N) is 1. The lowest BCUT2D eigenvalue weighted by molar-refractivity contribution is -0.140. The maximum Gasteiger partial charge on any atom is 0.416 e. The molecule has 2 aliphatic rings. The fourth-order valence-corrected chi connectivity index (χ4v) is 3.18. The number of carbonyl (C=O) groups is 1. The normalized spacial score (nSPS) is 25.7. The van der Waals surface area contributed by atoms with E-state index in [4.69, 9.17) is 4.74 Å². The second-order valence-electron chi connectivity index (χ2n) is 5.89. The highest BCUT2D eigenvalue weighted by atomic mass is 19.4. The molecule has 0 spiro atoms. The molecule has 2 aliphatic heterocycles. The topological polar surface area (TPSA) is 29.5 Å². The van der Waals surface area contributed by atoms with Crippen molar-refractivity contribution in [3.05, 3.63) is 35.4 Å². The summed E-state index contributed by atoms with van der Waals surface area (Å²) >= 11 is 0. The van der Waals surface area contributed by atoms with Crippen LogP contribution in [0.4, 0.5) is 13.2 Å². The van der Waals surface area contributed by atoms with Crippen LogP contribution in [0.3, 0.4) is 0 Å². The molecule has 3 nitrogen and oxygen atoms in total. The summed E-state index contributed by atoms with van der Waals surface area (Å²) in [4.78, 5) is 14.0. The maximum atomic E-state index is 12.8. The van der Waals surface area contributed by atoms with Gasteiger partial charge in [-0.1, -0.05) is 18.2 Å². The van der Waals surface area contributed by atoms with Crippen LogP contribution in [-0.2, 0) is 15.7 Å². The number of hydrogen-bond acceptors (Lipinski definition) is 2. The molecule has 1 aromatic carbocycles. The van der Waals surface area contributed by atoms with E-state index < -0.39 is 11.7 Å². The molecule has 0 saturated carbocycles. The van der Waals surface area contributed by atoms with Crippen LogP contribution in [0.2, 0.25) is 0 Å². The van der Waals surface area contributed by atoms with E-state index in [2.05, 4.69) is 0 Å². The Morgan fingerprint density at radius 2 is 2.09 bits per heavy atom. The van der Waals surface area contributed by atoms with Gasteiger partial charge in [0.05, 0.1) is 5.56 Å². The third kappa shape index (κ3) is 3.11. The molecule has 2 fully saturated rings. The predicted octanol–water partition coefficient (Wildman–Crippen LogP) is 3.20. The Morgan fingerprint density at radius 1 is 1.27 bits per heavy atom. The molecule has 0 aromatic heterocycles. The number of hydrogen-bond donors (Lipinski definition) is 0. The molecule has 120 valence electrons. The van der Waals surface area contributed by atoms with Crippen LogP contribution in [0.1, 0.15) is 36.3 Å². The molecular weight excluding hydrogens is 295 g/mol. The lowest BCUT2D eigenvalue weighted by Crippen LogP contribution is -2.37. The summed E-state index contributed by atoms with van der Waals surface area (Å²) in [5.41, 5.74) is 0.0198. The minimum absolute atomic E-state index is 0.0213. The number of alkyl halides is 3. The van der Waals surface area contributed by atoms with Gasteiger partial charge in [0.25, 0.3) is 5.91 Å². The fourth-order valence-electron chi connectivity index (χ4n) is 3.18. The van der Waals surface area contributed by atoms with Crippen LogP contribution in [0.25, 0.3) is 0 Å². The maximum absolute atomic E-state index is 12.8. The monoisotopic (exact) mass is 313 g/mol. The second kappa shape index (κ2) is 5.91. The van der Waals surface area contributed by atoms with E-state index in [1.165, 1.54) is 12.1 Å². The summed E-state index contributed by atoms with van der Waals surface area (Å²) in [5.74, 6) is -0.0559. The third-order valence-electron chi connectivity index (χ3n) is 4.39. The first-order chi connectivity index (χ1) is 10.4. The van der Waals surface area contributed by atoms with Crippen LogP contribution >= 0.6 is 0 Å². The first-order valence-electron chi connectivity index (χ1n) is 7.52. The lowest BCUT2D eigenvalue weighted by atomic mass is 9.96. The van der Waals surface area contributed by atoms with Crippen molar-refractivity contribution in [3.63, 3.8) is 0 Å². The molecule has 0 N–H and O–H groups in total. The highest BCUT2D eigenvalue weighted by Crippen LogP contribution is 2.34. The second-order valence-corrected chi connectivity index (χ2v) is 5.89. The quantitative estimate of drug-likeness (QED) is 0.839. The van der Waals surface area contributed by atoms with Crippen molar-refractivity contribution < 1.29 is 22.7 Å². The molecule has 1 unspecified atom stereocenters. The van der Waals surface area contributed by atoms with Gasteiger partial charge in [0.2, 0.25) is 0 Å². The van der Waals surface area contributed by atoms with Gasteiger partial charge in [0, 0.05) is 25.6 Å². The van der Waals surface area contributed by atoms with E-state index in [1.807, 2.05) is 0 Å². The molecule has 1 amide bonds. The van der Waals surface area contributed by atoms with Crippen LogP contribution in [0.5, 0.6) is 0 Å². The van der Waals surface area contributed by atoms with Gasteiger partial charge in [-0.25, -0.2) is 0 Å². The van der Waals surface area contributed by atoms with E-state index in [0.29, 0.717) is 31.7 Å². The molecule has 3 rings (SSSR count). The zero-order valence-electron chi connectivity index (χ0n) is 12.1. The Kier molecular flexibility index (Phi) is 4.12. The van der Waals surface area contributed by atoms with Gasteiger partial charge in [0.1, 0.15) is 6.10 Å². The average Bonchev–Trinajstić information content (AvgIpc) is 3.17. The highest BCUT2D eigenvalue weighted by molar-refractivity contribution is 5.81. The average molecular weight is 313 g/mol. The van der Waals surface area contributed by atoms with Crippen molar-refractivity contribution in [1.82, 2.24) is 4.90 Å². The largest absolute Gasteiger partial charge is 0.416 e. The summed E-state index contributed by atoms with van der Waals surface area (Å²) in [7, 11) is 0. The summed E-state index contributed by atoms with van der Waals surface area (Å²) < 4.78 is 43.7. The summed E-state index contributed by atoms with van der Waals surface area (Å²) in [6.07, 6.45) is -2.37. The van der Waals surface area contributed by atoms with Crippen LogP contribution < -0.4 is 0 Å².